The molecule has 3 fully saturated rings. The van der Waals surface area contributed by atoms with Crippen molar-refractivity contribution in [2.75, 3.05) is 31.1 Å². The van der Waals surface area contributed by atoms with Gasteiger partial charge >= 0.3 is 6.18 Å². The van der Waals surface area contributed by atoms with Crippen LogP contribution in [0.15, 0.2) is 42.5 Å². The zero-order chi connectivity index (χ0) is 28.3. The molecule has 3 heterocycles. The van der Waals surface area contributed by atoms with Crippen molar-refractivity contribution in [3.8, 4) is 11.8 Å². The zero-order valence-electron chi connectivity index (χ0n) is 20.9. The highest BCUT2D eigenvalue weighted by Crippen LogP contribution is 2.55. The number of likely N-dealkylation sites (tertiary alicyclic amines) is 1. The highest BCUT2D eigenvalue weighted by Gasteiger charge is 2.71. The monoisotopic (exact) mass is 544 g/mol. The predicted octanol–water partition coefficient (Wildman–Crippen LogP) is 3.53. The number of benzene rings is 2. The Morgan fingerprint density at radius 2 is 1.69 bits per heavy atom. The fraction of sp³-hybridized carbons (Fsp3) is 0.423. The number of nitro groups is 1. The van der Waals surface area contributed by atoms with Gasteiger partial charge in [0.25, 0.3) is 5.69 Å². The lowest BCUT2D eigenvalue weighted by Crippen LogP contribution is -2.58. The molecule has 3 aliphatic rings. The van der Waals surface area contributed by atoms with Gasteiger partial charge in [-0.25, -0.2) is 4.90 Å². The minimum absolute atomic E-state index is 0.0569. The quantitative estimate of drug-likeness (QED) is 0.307. The van der Waals surface area contributed by atoms with Crippen molar-refractivity contribution in [1.82, 2.24) is 4.90 Å². The van der Waals surface area contributed by atoms with E-state index in [0.29, 0.717) is 18.4 Å². The zero-order valence-corrected chi connectivity index (χ0v) is 20.9. The molecule has 2 aromatic carbocycles. The number of carbonyl (C=O) groups is 2. The maximum atomic E-state index is 13.6. The molecule has 1 unspecified atom stereocenters. The number of hydrogen-bond donors (Lipinski definition) is 0. The number of carbonyl (C=O) groups excluding carboxylic acids is 2. The van der Waals surface area contributed by atoms with E-state index in [9.17, 15) is 32.9 Å². The number of anilines is 1. The summed E-state index contributed by atoms with van der Waals surface area (Å²) >= 11 is 0. The number of halogens is 3. The summed E-state index contributed by atoms with van der Waals surface area (Å²) in [5.74, 6) is -2.63. The van der Waals surface area contributed by atoms with Crippen molar-refractivity contribution in [2.24, 2.45) is 11.8 Å². The van der Waals surface area contributed by atoms with Gasteiger partial charge in [-0.15, -0.1) is 0 Å². The van der Waals surface area contributed by atoms with E-state index in [4.69, 9.17) is 14.7 Å². The van der Waals surface area contributed by atoms with Crippen LogP contribution >= 0.6 is 0 Å². The molecule has 5 rings (SSSR count). The molecule has 0 saturated carbocycles. The Kier molecular flexibility index (Phi) is 6.15. The Hall–Kier alpha value is -4.02. The number of fused-ring (bicyclic) bond motifs is 5. The van der Waals surface area contributed by atoms with E-state index in [1.807, 2.05) is 4.90 Å². The lowest BCUT2D eigenvalue weighted by molar-refractivity contribution is -0.384. The molecule has 0 aliphatic carbocycles. The van der Waals surface area contributed by atoms with Crippen LogP contribution in [0.2, 0.25) is 0 Å². The highest BCUT2D eigenvalue weighted by atomic mass is 19.4. The molecular weight excluding hydrogens is 521 g/mol. The number of nitro benzene ring substituents is 1. The smallest absolute Gasteiger partial charge is 0.417 e. The van der Waals surface area contributed by atoms with Gasteiger partial charge in [0.15, 0.2) is 0 Å². The molecule has 13 heteroatoms. The van der Waals surface area contributed by atoms with Gasteiger partial charge in [0.2, 0.25) is 11.8 Å². The predicted molar refractivity (Wildman–Crippen MR) is 129 cm³/mol. The van der Waals surface area contributed by atoms with Crippen LogP contribution in [0.5, 0.6) is 5.75 Å². The van der Waals surface area contributed by atoms with Crippen LogP contribution in [0.3, 0.4) is 0 Å². The fourth-order valence-electron chi connectivity index (χ4n) is 6.14. The van der Waals surface area contributed by atoms with Crippen molar-refractivity contribution >= 4 is 23.2 Å². The van der Waals surface area contributed by atoms with Crippen LogP contribution in [0.25, 0.3) is 0 Å². The van der Waals surface area contributed by atoms with Crippen molar-refractivity contribution in [1.29, 1.82) is 5.26 Å². The summed E-state index contributed by atoms with van der Waals surface area (Å²) in [4.78, 5) is 40.2. The molecule has 2 aromatic rings. The molecule has 3 saturated heterocycles. The van der Waals surface area contributed by atoms with Crippen LogP contribution in [0.4, 0.5) is 24.5 Å². The number of amides is 2. The minimum atomic E-state index is -4.84. The molecule has 3 aliphatic heterocycles. The third-order valence-corrected chi connectivity index (χ3v) is 7.57. The maximum Gasteiger partial charge on any atom is 0.417 e. The largest absolute Gasteiger partial charge is 0.492 e. The van der Waals surface area contributed by atoms with Gasteiger partial charge in [-0.2, -0.15) is 18.4 Å². The van der Waals surface area contributed by atoms with E-state index >= 15 is 0 Å². The van der Waals surface area contributed by atoms with Gasteiger partial charge < -0.3 is 9.47 Å². The molecule has 0 spiro atoms. The van der Waals surface area contributed by atoms with Crippen LogP contribution in [0.1, 0.15) is 25.0 Å². The Balaban J connectivity index is 1.33. The fourth-order valence-corrected chi connectivity index (χ4v) is 6.14. The first-order valence-corrected chi connectivity index (χ1v) is 12.1. The summed E-state index contributed by atoms with van der Waals surface area (Å²) in [6.45, 7) is 4.64. The molecule has 0 radical (unpaired) electrons. The molecule has 0 N–H and O–H groups in total. The number of alkyl halides is 3. The van der Waals surface area contributed by atoms with E-state index in [1.54, 1.807) is 13.8 Å². The Morgan fingerprint density at radius 1 is 1.10 bits per heavy atom. The lowest BCUT2D eigenvalue weighted by Gasteiger charge is -2.45. The highest BCUT2D eigenvalue weighted by molar-refractivity contribution is 6.23. The van der Waals surface area contributed by atoms with E-state index < -0.39 is 57.1 Å². The summed E-state index contributed by atoms with van der Waals surface area (Å²) in [7, 11) is 0. The van der Waals surface area contributed by atoms with Gasteiger partial charge in [0.1, 0.15) is 12.4 Å². The number of hydrogen-bond acceptors (Lipinski definition) is 8. The average molecular weight is 544 g/mol. The number of non-ortho nitro benzene ring substituents is 1. The van der Waals surface area contributed by atoms with Crippen LogP contribution in [-0.4, -0.2) is 59.1 Å². The van der Waals surface area contributed by atoms with E-state index in [-0.39, 0.29) is 31.1 Å². The van der Waals surface area contributed by atoms with Crippen molar-refractivity contribution in [3.63, 3.8) is 0 Å². The van der Waals surface area contributed by atoms with Crippen molar-refractivity contribution in [3.05, 3.63) is 63.7 Å². The summed E-state index contributed by atoms with van der Waals surface area (Å²) < 4.78 is 52.6. The van der Waals surface area contributed by atoms with Gasteiger partial charge in [-0.1, -0.05) is 0 Å². The topological polar surface area (TPSA) is 126 Å². The van der Waals surface area contributed by atoms with Gasteiger partial charge in [-0.3, -0.25) is 24.6 Å². The van der Waals surface area contributed by atoms with Crippen LogP contribution < -0.4 is 9.64 Å². The van der Waals surface area contributed by atoms with Gasteiger partial charge in [0.05, 0.1) is 50.8 Å². The number of rotatable bonds is 6. The number of morpholine rings is 1. The van der Waals surface area contributed by atoms with Crippen LogP contribution in [0, 0.1) is 33.3 Å². The Bertz CT molecular complexity index is 1370. The Labute approximate surface area is 220 Å². The number of nitrogens with zero attached hydrogens (tertiary/aromatic N) is 4. The minimum Gasteiger partial charge on any atom is -0.492 e. The van der Waals surface area contributed by atoms with E-state index in [1.165, 1.54) is 36.4 Å². The summed E-state index contributed by atoms with van der Waals surface area (Å²) in [6, 6.07) is 9.95. The maximum absolute atomic E-state index is 13.6. The molecule has 10 nitrogen and oxygen atoms in total. The summed E-state index contributed by atoms with van der Waals surface area (Å²) in [6.07, 6.45) is -4.84. The van der Waals surface area contributed by atoms with Gasteiger partial charge in [-0.05, 0) is 44.2 Å². The first-order chi connectivity index (χ1) is 18.3. The first-order valence-electron chi connectivity index (χ1n) is 12.1. The summed E-state index contributed by atoms with van der Waals surface area (Å²) in [5, 5.41) is 19.9. The average Bonchev–Trinajstić information content (AvgIpc) is 3.23. The normalized spacial score (nSPS) is 28.4. The SMILES string of the molecule is C[C@]12CN(CCOc3ccc([N+](=O)[O-])cc3)C[C@](C)(O1)[C@@H]1C(=O)N(c3ccc(C#N)c(C(F)(F)F)c3)C(=O)C12. The Morgan fingerprint density at radius 3 is 2.21 bits per heavy atom. The molecule has 204 valence electrons. The second-order valence-electron chi connectivity index (χ2n) is 10.3. The first kappa shape index (κ1) is 26.6. The van der Waals surface area contributed by atoms with Crippen molar-refractivity contribution < 1.29 is 37.2 Å². The third-order valence-electron chi connectivity index (χ3n) is 7.57. The van der Waals surface area contributed by atoms with Crippen molar-refractivity contribution in [2.45, 2.75) is 31.2 Å². The molecule has 2 amide bonds. The van der Waals surface area contributed by atoms with E-state index in [2.05, 4.69) is 0 Å². The number of ether oxygens (including phenoxy) is 2. The third kappa shape index (κ3) is 4.39. The number of imide groups is 1. The second kappa shape index (κ2) is 9.03. The van der Waals surface area contributed by atoms with E-state index in [0.717, 1.165) is 11.0 Å². The molecule has 0 aromatic heterocycles. The standard InChI is InChI=1S/C26H23F3N4O6/c1-24-13-31(9-10-38-18-7-5-16(6-8-18)33(36)37)14-25(2,39-24)21-20(24)22(34)32(23(21)35)17-4-3-15(12-30)19(11-17)26(27,28)29/h3-8,11,20-21H,9-10,13-14H2,1-2H3/t20-,21?,24-,25+/m0/s1. The molecule has 2 bridgehead atoms. The molecular formula is C26H23F3N4O6. The lowest BCUT2D eigenvalue weighted by atomic mass is 9.79. The van der Waals surface area contributed by atoms with Gasteiger partial charge in [0, 0.05) is 31.8 Å². The van der Waals surface area contributed by atoms with Crippen LogP contribution in [-0.2, 0) is 20.5 Å². The molecule has 39 heavy (non-hydrogen) atoms. The molecule has 4 atom stereocenters. The summed E-state index contributed by atoms with van der Waals surface area (Å²) in [5.41, 5.74) is -4.26. The number of nitriles is 1. The second-order valence-corrected chi connectivity index (χ2v) is 10.3.